The van der Waals surface area contributed by atoms with Gasteiger partial charge in [-0.05, 0) is 43.3 Å². The van der Waals surface area contributed by atoms with Gasteiger partial charge in [0.25, 0.3) is 15.9 Å². The number of nitrogens with one attached hydrogen (secondary N) is 2. The number of carbonyl (C=O) groups is 1. The van der Waals surface area contributed by atoms with Gasteiger partial charge in [-0.2, -0.15) is 0 Å². The lowest BCUT2D eigenvalue weighted by Gasteiger charge is -2.11. The molecular formula is C17H16N4O4S2. The molecule has 0 aliphatic carbocycles. The zero-order valence-corrected chi connectivity index (χ0v) is 16.1. The highest BCUT2D eigenvalue weighted by atomic mass is 32.2. The van der Waals surface area contributed by atoms with Gasteiger partial charge in [-0.25, -0.2) is 8.42 Å². The predicted octanol–water partition coefficient (Wildman–Crippen LogP) is 2.91. The van der Waals surface area contributed by atoms with Crippen molar-refractivity contribution in [1.29, 1.82) is 0 Å². The van der Waals surface area contributed by atoms with Crippen molar-refractivity contribution in [2.24, 2.45) is 0 Å². The van der Waals surface area contributed by atoms with E-state index >= 15 is 0 Å². The van der Waals surface area contributed by atoms with Crippen LogP contribution < -0.4 is 14.8 Å². The second-order valence-electron chi connectivity index (χ2n) is 5.41. The summed E-state index contributed by atoms with van der Waals surface area (Å²) in [5.74, 6) is 0.0113. The summed E-state index contributed by atoms with van der Waals surface area (Å²) in [4.78, 5) is 12.2. The molecule has 2 aromatic carbocycles. The van der Waals surface area contributed by atoms with Gasteiger partial charge < -0.3 is 4.74 Å². The molecule has 0 fully saturated rings. The normalized spacial score (nSPS) is 11.0. The van der Waals surface area contributed by atoms with Gasteiger partial charge in [0, 0.05) is 5.56 Å². The Morgan fingerprint density at radius 2 is 1.78 bits per heavy atom. The molecule has 0 unspecified atom stereocenters. The molecule has 0 radical (unpaired) electrons. The second-order valence-corrected chi connectivity index (χ2v) is 8.27. The summed E-state index contributed by atoms with van der Waals surface area (Å²) in [7, 11) is -2.37. The molecule has 3 rings (SSSR count). The van der Waals surface area contributed by atoms with Gasteiger partial charge in [0.15, 0.2) is 0 Å². The van der Waals surface area contributed by atoms with E-state index in [0.717, 1.165) is 5.01 Å². The van der Waals surface area contributed by atoms with Crippen LogP contribution in [0.4, 0.5) is 10.8 Å². The second kappa shape index (κ2) is 7.72. The number of hydrogen-bond donors (Lipinski definition) is 2. The van der Waals surface area contributed by atoms with Gasteiger partial charge in [-0.1, -0.05) is 23.5 Å². The van der Waals surface area contributed by atoms with Crippen molar-refractivity contribution in [2.75, 3.05) is 17.1 Å². The van der Waals surface area contributed by atoms with Crippen LogP contribution in [0.2, 0.25) is 0 Å². The Hall–Kier alpha value is -2.98. The Balaban J connectivity index is 1.76. The van der Waals surface area contributed by atoms with Crippen molar-refractivity contribution in [3.8, 4) is 5.75 Å². The molecule has 8 nitrogen and oxygen atoms in total. The van der Waals surface area contributed by atoms with E-state index in [4.69, 9.17) is 4.74 Å². The molecule has 140 valence electrons. The molecule has 10 heteroatoms. The van der Waals surface area contributed by atoms with Crippen molar-refractivity contribution < 1.29 is 17.9 Å². The summed E-state index contributed by atoms with van der Waals surface area (Å²) in [5.41, 5.74) is 0.632. The highest BCUT2D eigenvalue weighted by Gasteiger charge is 2.17. The molecule has 0 aliphatic heterocycles. The van der Waals surface area contributed by atoms with E-state index in [2.05, 4.69) is 20.2 Å². The maximum absolute atomic E-state index is 12.6. The average Bonchev–Trinajstić information content (AvgIpc) is 3.06. The Bertz CT molecular complexity index is 1060. The first-order chi connectivity index (χ1) is 12.9. The molecule has 1 aromatic heterocycles. The lowest BCUT2D eigenvalue weighted by atomic mass is 10.2. The summed E-state index contributed by atoms with van der Waals surface area (Å²) in [5, 5.41) is 11.4. The summed E-state index contributed by atoms with van der Waals surface area (Å²) < 4.78 is 32.7. The van der Waals surface area contributed by atoms with Crippen LogP contribution in [0.3, 0.4) is 0 Å². The number of ether oxygens (including phenoxy) is 1. The number of para-hydroxylation sites is 2. The van der Waals surface area contributed by atoms with E-state index in [-0.39, 0.29) is 4.90 Å². The first kappa shape index (κ1) is 18.8. The maximum atomic E-state index is 12.6. The molecule has 1 amide bonds. The van der Waals surface area contributed by atoms with E-state index in [9.17, 15) is 13.2 Å². The molecule has 0 atom stereocenters. The maximum Gasteiger partial charge on any atom is 0.262 e. The van der Waals surface area contributed by atoms with E-state index < -0.39 is 15.9 Å². The summed E-state index contributed by atoms with van der Waals surface area (Å²) in [6, 6.07) is 12.3. The molecule has 0 saturated carbocycles. The zero-order valence-electron chi connectivity index (χ0n) is 14.5. The minimum atomic E-state index is -3.83. The van der Waals surface area contributed by atoms with E-state index in [0.29, 0.717) is 22.1 Å². The standard InChI is InChI=1S/C17H16N4O4S2/c1-11-19-20-17(26-11)18-16(22)12-7-9-13(10-8-12)27(23,24)21-14-5-3-4-6-15(14)25-2/h3-10,21H,1-2H3,(H,18,20,22). The van der Waals surface area contributed by atoms with E-state index in [1.807, 2.05) is 0 Å². The van der Waals surface area contributed by atoms with Crippen LogP contribution in [-0.2, 0) is 10.0 Å². The number of aromatic nitrogens is 2. The van der Waals surface area contributed by atoms with E-state index in [1.165, 1.54) is 42.7 Å². The smallest absolute Gasteiger partial charge is 0.262 e. The van der Waals surface area contributed by atoms with Gasteiger partial charge in [0.1, 0.15) is 10.8 Å². The largest absolute Gasteiger partial charge is 0.495 e. The van der Waals surface area contributed by atoms with Crippen LogP contribution >= 0.6 is 11.3 Å². The van der Waals surface area contributed by atoms with Crippen LogP contribution in [0.5, 0.6) is 5.75 Å². The Labute approximate surface area is 160 Å². The number of rotatable bonds is 6. The van der Waals surface area contributed by atoms with Gasteiger partial charge in [-0.15, -0.1) is 10.2 Å². The van der Waals surface area contributed by atoms with Gasteiger partial charge in [0.2, 0.25) is 5.13 Å². The van der Waals surface area contributed by atoms with Crippen LogP contribution in [-0.4, -0.2) is 31.6 Å². The van der Waals surface area contributed by atoms with E-state index in [1.54, 1.807) is 31.2 Å². The van der Waals surface area contributed by atoms with Crippen molar-refractivity contribution >= 4 is 38.1 Å². The minimum Gasteiger partial charge on any atom is -0.495 e. The van der Waals surface area contributed by atoms with Crippen molar-refractivity contribution in [3.63, 3.8) is 0 Å². The number of methoxy groups -OCH3 is 1. The first-order valence-electron chi connectivity index (χ1n) is 7.76. The predicted molar refractivity (Wildman–Crippen MR) is 103 cm³/mol. The van der Waals surface area contributed by atoms with Crippen LogP contribution in [0.1, 0.15) is 15.4 Å². The summed E-state index contributed by atoms with van der Waals surface area (Å²) in [6.07, 6.45) is 0. The third-order valence-electron chi connectivity index (χ3n) is 3.52. The molecule has 0 aliphatic rings. The van der Waals surface area contributed by atoms with Crippen LogP contribution in [0.25, 0.3) is 0 Å². The van der Waals surface area contributed by atoms with Gasteiger partial charge in [-0.3, -0.25) is 14.8 Å². The Morgan fingerprint density at radius 1 is 1.07 bits per heavy atom. The number of carbonyl (C=O) groups excluding carboxylic acids is 1. The number of anilines is 2. The fraction of sp³-hybridized carbons (Fsp3) is 0.118. The van der Waals surface area contributed by atoms with Crippen LogP contribution in [0, 0.1) is 6.92 Å². The molecule has 3 aromatic rings. The number of benzene rings is 2. The number of sulfonamides is 1. The number of aryl methyl sites for hydroxylation is 1. The van der Waals surface area contributed by atoms with Crippen molar-refractivity contribution in [3.05, 3.63) is 59.1 Å². The topological polar surface area (TPSA) is 110 Å². The third kappa shape index (κ3) is 4.41. The van der Waals surface area contributed by atoms with Crippen molar-refractivity contribution in [1.82, 2.24) is 10.2 Å². The third-order valence-corrected chi connectivity index (χ3v) is 5.66. The van der Waals surface area contributed by atoms with Gasteiger partial charge >= 0.3 is 0 Å². The number of hydrogen-bond acceptors (Lipinski definition) is 7. The SMILES string of the molecule is COc1ccccc1NS(=O)(=O)c1ccc(C(=O)Nc2nnc(C)s2)cc1. The lowest BCUT2D eigenvalue weighted by molar-refractivity contribution is 0.102. The van der Waals surface area contributed by atoms with Crippen LogP contribution in [0.15, 0.2) is 53.4 Å². The molecule has 2 N–H and O–H groups in total. The quantitative estimate of drug-likeness (QED) is 0.654. The lowest BCUT2D eigenvalue weighted by Crippen LogP contribution is -2.15. The monoisotopic (exact) mass is 404 g/mol. The summed E-state index contributed by atoms with van der Waals surface area (Å²) in [6.45, 7) is 1.78. The number of nitrogens with zero attached hydrogens (tertiary/aromatic N) is 2. The highest BCUT2D eigenvalue weighted by Crippen LogP contribution is 2.26. The minimum absolute atomic E-state index is 0.0247. The molecule has 0 saturated heterocycles. The zero-order chi connectivity index (χ0) is 19.4. The van der Waals surface area contributed by atoms with Gasteiger partial charge in [0.05, 0.1) is 17.7 Å². The molecular weight excluding hydrogens is 388 g/mol. The average molecular weight is 404 g/mol. The number of amides is 1. The fourth-order valence-corrected chi connectivity index (χ4v) is 3.89. The Morgan fingerprint density at radius 3 is 2.41 bits per heavy atom. The Kier molecular flexibility index (Phi) is 5.38. The fourth-order valence-electron chi connectivity index (χ4n) is 2.23. The van der Waals surface area contributed by atoms with Crippen molar-refractivity contribution in [2.45, 2.75) is 11.8 Å². The molecule has 0 bridgehead atoms. The first-order valence-corrected chi connectivity index (χ1v) is 10.1. The highest BCUT2D eigenvalue weighted by molar-refractivity contribution is 7.92. The molecule has 1 heterocycles. The molecule has 0 spiro atoms. The summed E-state index contributed by atoms with van der Waals surface area (Å²) >= 11 is 1.25. The molecule has 27 heavy (non-hydrogen) atoms.